The summed E-state index contributed by atoms with van der Waals surface area (Å²) in [5, 5.41) is 6.50. The lowest BCUT2D eigenvalue weighted by Gasteiger charge is -1.78. The van der Waals surface area contributed by atoms with Gasteiger partial charge in [-0.15, -0.1) is 0 Å². The molecule has 0 saturated carbocycles. The van der Waals surface area contributed by atoms with Gasteiger partial charge in [0.25, 0.3) is 10.0 Å². The SMILES string of the molecule is CCCC#CS(N)(=O)=O. The minimum Gasteiger partial charge on any atom is -0.218 e. The number of sulfonamides is 1. The van der Waals surface area contributed by atoms with Gasteiger partial charge >= 0.3 is 0 Å². The van der Waals surface area contributed by atoms with Gasteiger partial charge in [-0.25, -0.2) is 5.14 Å². The second-order valence-corrected chi connectivity index (χ2v) is 2.87. The fourth-order valence-electron chi connectivity index (χ4n) is 0.277. The fourth-order valence-corrected chi connectivity index (χ4v) is 0.580. The zero-order valence-corrected chi connectivity index (χ0v) is 6.03. The highest BCUT2D eigenvalue weighted by Crippen LogP contribution is 1.81. The van der Waals surface area contributed by atoms with Crippen molar-refractivity contribution in [3.8, 4) is 11.2 Å². The van der Waals surface area contributed by atoms with E-state index in [0.29, 0.717) is 6.42 Å². The van der Waals surface area contributed by atoms with Crippen LogP contribution in [-0.2, 0) is 10.0 Å². The van der Waals surface area contributed by atoms with E-state index in [2.05, 4.69) is 11.1 Å². The molecular formula is C5H9NO2S. The molecule has 52 valence electrons. The molecule has 0 heterocycles. The first-order chi connectivity index (χ1) is 4.06. The predicted molar refractivity (Wildman–Crippen MR) is 35.8 cm³/mol. The summed E-state index contributed by atoms with van der Waals surface area (Å²) >= 11 is 0. The van der Waals surface area contributed by atoms with Crippen molar-refractivity contribution in [3.63, 3.8) is 0 Å². The van der Waals surface area contributed by atoms with Crippen molar-refractivity contribution in [1.82, 2.24) is 0 Å². The van der Waals surface area contributed by atoms with Gasteiger partial charge in [0.1, 0.15) is 0 Å². The molecule has 0 atom stereocenters. The molecule has 0 fully saturated rings. The second-order valence-electron chi connectivity index (χ2n) is 1.57. The molecule has 9 heavy (non-hydrogen) atoms. The Morgan fingerprint density at radius 2 is 2.11 bits per heavy atom. The minimum atomic E-state index is -3.56. The maximum atomic E-state index is 10.1. The first kappa shape index (κ1) is 8.47. The van der Waals surface area contributed by atoms with E-state index in [0.717, 1.165) is 6.42 Å². The lowest BCUT2D eigenvalue weighted by molar-refractivity contribution is 0.607. The molecule has 2 N–H and O–H groups in total. The van der Waals surface area contributed by atoms with Crippen molar-refractivity contribution in [2.75, 3.05) is 0 Å². The number of rotatable bonds is 1. The van der Waals surface area contributed by atoms with Crippen LogP contribution in [0.25, 0.3) is 0 Å². The third-order valence-corrected chi connectivity index (χ3v) is 1.02. The van der Waals surface area contributed by atoms with Crippen LogP contribution in [0.3, 0.4) is 0 Å². The van der Waals surface area contributed by atoms with E-state index in [1.807, 2.05) is 12.2 Å². The molecule has 3 nitrogen and oxygen atoms in total. The Bertz CT molecular complexity index is 219. The van der Waals surface area contributed by atoms with Gasteiger partial charge in [-0.2, -0.15) is 8.42 Å². The number of nitrogens with two attached hydrogens (primary N) is 1. The Balaban J connectivity index is 3.90. The molecule has 0 aliphatic heterocycles. The quantitative estimate of drug-likeness (QED) is 0.532. The lowest BCUT2D eigenvalue weighted by Crippen LogP contribution is -2.07. The van der Waals surface area contributed by atoms with Crippen LogP contribution in [0.5, 0.6) is 0 Å². The fraction of sp³-hybridized carbons (Fsp3) is 0.600. The smallest absolute Gasteiger partial charge is 0.218 e. The summed E-state index contributed by atoms with van der Waals surface area (Å²) in [5.41, 5.74) is 0. The van der Waals surface area contributed by atoms with Crippen LogP contribution < -0.4 is 5.14 Å². The summed E-state index contributed by atoms with van der Waals surface area (Å²) < 4.78 is 20.2. The van der Waals surface area contributed by atoms with E-state index in [1.54, 1.807) is 0 Å². The van der Waals surface area contributed by atoms with E-state index < -0.39 is 10.0 Å². The molecule has 0 bridgehead atoms. The first-order valence-electron chi connectivity index (χ1n) is 2.58. The molecule has 0 unspecified atom stereocenters. The van der Waals surface area contributed by atoms with Gasteiger partial charge in [-0.1, -0.05) is 12.8 Å². The van der Waals surface area contributed by atoms with Crippen molar-refractivity contribution < 1.29 is 8.42 Å². The number of hydrogen-bond donors (Lipinski definition) is 1. The Kier molecular flexibility index (Phi) is 3.28. The zero-order valence-electron chi connectivity index (χ0n) is 5.22. The highest BCUT2D eigenvalue weighted by Gasteiger charge is 1.89. The van der Waals surface area contributed by atoms with Gasteiger partial charge < -0.3 is 0 Å². The highest BCUT2D eigenvalue weighted by molar-refractivity contribution is 7.93. The average molecular weight is 147 g/mol. The van der Waals surface area contributed by atoms with E-state index in [9.17, 15) is 8.42 Å². The largest absolute Gasteiger partial charge is 0.277 e. The summed E-state index contributed by atoms with van der Waals surface area (Å²) in [5.74, 6) is 2.41. The van der Waals surface area contributed by atoms with Gasteiger partial charge in [0.05, 0.1) is 0 Å². The number of unbranched alkanes of at least 4 members (excludes halogenated alkanes) is 1. The minimum absolute atomic E-state index is 0.580. The lowest BCUT2D eigenvalue weighted by atomic mass is 10.4. The van der Waals surface area contributed by atoms with Crippen LogP contribution >= 0.6 is 0 Å². The Morgan fingerprint density at radius 1 is 1.56 bits per heavy atom. The summed E-state index contributed by atoms with van der Waals surface area (Å²) in [6.45, 7) is 1.91. The maximum Gasteiger partial charge on any atom is 0.277 e. The highest BCUT2D eigenvalue weighted by atomic mass is 32.2. The summed E-state index contributed by atoms with van der Waals surface area (Å²) in [4.78, 5) is 0. The van der Waals surface area contributed by atoms with Crippen molar-refractivity contribution >= 4 is 10.0 Å². The molecule has 0 aliphatic carbocycles. The predicted octanol–water partition coefficient (Wildman–Crippen LogP) is 0.0359. The van der Waals surface area contributed by atoms with Gasteiger partial charge in [-0.05, 0) is 6.42 Å². The third kappa shape index (κ3) is 7.47. The molecule has 4 heteroatoms. The average Bonchev–Trinajstić information content (AvgIpc) is 1.63. The molecule has 0 amide bonds. The van der Waals surface area contributed by atoms with Crippen LogP contribution in [0.1, 0.15) is 19.8 Å². The number of primary sulfonamides is 1. The summed E-state index contributed by atoms with van der Waals surface area (Å²) in [7, 11) is -3.56. The first-order valence-corrected chi connectivity index (χ1v) is 4.13. The molecule has 0 aliphatic rings. The van der Waals surface area contributed by atoms with Crippen molar-refractivity contribution in [2.45, 2.75) is 19.8 Å². The molecule has 0 rings (SSSR count). The van der Waals surface area contributed by atoms with Gasteiger partial charge in [-0.3, -0.25) is 0 Å². The van der Waals surface area contributed by atoms with E-state index in [-0.39, 0.29) is 0 Å². The molecule has 0 saturated heterocycles. The van der Waals surface area contributed by atoms with Crippen molar-refractivity contribution in [2.24, 2.45) is 5.14 Å². The monoisotopic (exact) mass is 147 g/mol. The molecular weight excluding hydrogens is 138 g/mol. The van der Waals surface area contributed by atoms with Crippen LogP contribution in [0.2, 0.25) is 0 Å². The van der Waals surface area contributed by atoms with E-state index in [4.69, 9.17) is 0 Å². The molecule has 0 spiro atoms. The molecule has 0 radical (unpaired) electrons. The number of hydrogen-bond acceptors (Lipinski definition) is 2. The standard InChI is InChI=1S/C5H9NO2S/c1-2-3-4-5-9(6,7)8/h2-3H2,1H3,(H2,6,7,8). The Labute approximate surface area is 55.3 Å². The molecule has 0 aromatic heterocycles. The Hall–Kier alpha value is -0.530. The maximum absolute atomic E-state index is 10.1. The van der Waals surface area contributed by atoms with Gasteiger partial charge in [0.15, 0.2) is 0 Å². The zero-order chi connectivity index (χ0) is 7.33. The second kappa shape index (κ2) is 3.49. The molecule has 0 aromatic carbocycles. The molecule has 0 aromatic rings. The van der Waals surface area contributed by atoms with Crippen molar-refractivity contribution in [3.05, 3.63) is 0 Å². The van der Waals surface area contributed by atoms with Gasteiger partial charge in [0.2, 0.25) is 0 Å². The topological polar surface area (TPSA) is 60.2 Å². The van der Waals surface area contributed by atoms with Crippen LogP contribution in [0.15, 0.2) is 0 Å². The summed E-state index contributed by atoms with van der Waals surface area (Å²) in [6.07, 6.45) is 1.43. The van der Waals surface area contributed by atoms with E-state index in [1.165, 1.54) is 0 Å². The van der Waals surface area contributed by atoms with Crippen LogP contribution in [-0.4, -0.2) is 8.42 Å². The van der Waals surface area contributed by atoms with Crippen LogP contribution in [0, 0.1) is 11.2 Å². The third-order valence-electron chi connectivity index (χ3n) is 0.589. The Morgan fingerprint density at radius 3 is 2.44 bits per heavy atom. The van der Waals surface area contributed by atoms with Gasteiger partial charge in [0, 0.05) is 11.7 Å². The van der Waals surface area contributed by atoms with Crippen LogP contribution in [0.4, 0.5) is 0 Å². The summed E-state index contributed by atoms with van der Waals surface area (Å²) in [6, 6.07) is 0. The van der Waals surface area contributed by atoms with Crippen molar-refractivity contribution in [1.29, 1.82) is 0 Å². The van der Waals surface area contributed by atoms with E-state index >= 15 is 0 Å². The normalized spacial score (nSPS) is 10.0.